The van der Waals surface area contributed by atoms with E-state index in [0.717, 1.165) is 37.2 Å². The van der Waals surface area contributed by atoms with Crippen molar-refractivity contribution < 1.29 is 18.9 Å². The minimum absolute atomic E-state index is 0.0162. The van der Waals surface area contributed by atoms with E-state index in [1.807, 2.05) is 60.7 Å². The van der Waals surface area contributed by atoms with Gasteiger partial charge in [0.1, 0.15) is 23.7 Å². The summed E-state index contributed by atoms with van der Waals surface area (Å²) in [5.74, 6) is 2.31. The van der Waals surface area contributed by atoms with E-state index in [1.165, 1.54) is 127 Å². The zero-order valence-electron chi connectivity index (χ0n) is 29.8. The van der Waals surface area contributed by atoms with Crippen LogP contribution >= 0.6 is 17.1 Å². The van der Waals surface area contributed by atoms with E-state index in [4.69, 9.17) is 25.8 Å². The van der Waals surface area contributed by atoms with Crippen LogP contribution in [0.5, 0.6) is 11.5 Å². The third-order valence-electron chi connectivity index (χ3n) is 8.70. The Morgan fingerprint density at radius 3 is 1.34 bits per heavy atom. The van der Waals surface area contributed by atoms with E-state index in [-0.39, 0.29) is 12.2 Å². The lowest BCUT2D eigenvalue weighted by molar-refractivity contribution is 0.121. The molecule has 3 atom stereocenters. The molecular weight excluding hydrogens is 640 g/mol. The van der Waals surface area contributed by atoms with E-state index in [9.17, 15) is 4.89 Å². The Morgan fingerprint density at radius 1 is 0.553 bits per heavy atom. The smallest absolute Gasteiger partial charge is 0.244 e. The van der Waals surface area contributed by atoms with Crippen molar-refractivity contribution in [3.8, 4) is 11.5 Å². The number of hydrogen-bond donors (Lipinski definition) is 1. The van der Waals surface area contributed by atoms with Gasteiger partial charge in [-0.3, -0.25) is 0 Å². The molecule has 0 aliphatic rings. The van der Waals surface area contributed by atoms with Crippen LogP contribution in [0.3, 0.4) is 0 Å². The first kappa shape index (κ1) is 42.1. The first-order chi connectivity index (χ1) is 23.0. The molecule has 47 heavy (non-hydrogen) atoms. The summed E-state index contributed by atoms with van der Waals surface area (Å²) in [4.78, 5) is 11.2. The van der Waals surface area contributed by atoms with Crippen LogP contribution < -0.4 is 9.47 Å². The standard InChI is InChI=1S/C40H67O4PS2/c1-3-5-7-9-11-13-15-17-19-23-33-39(43-37-29-25-21-26-30-37)35-42-45(41,46)47-36-40(44-38-31-27-22-28-32-38)34-24-20-18-16-14-12-10-8-6-4-2/h21-22,25-32,39-40H,3-20,23-24,33-36H2,1-2H3,(H,41,46). The molecule has 0 spiro atoms. The highest BCUT2D eigenvalue weighted by Gasteiger charge is 2.22. The van der Waals surface area contributed by atoms with Gasteiger partial charge in [0.25, 0.3) is 0 Å². The summed E-state index contributed by atoms with van der Waals surface area (Å²) in [7, 11) is 0. The molecule has 0 saturated carbocycles. The summed E-state index contributed by atoms with van der Waals surface area (Å²) in [6.07, 6.45) is 27.8. The zero-order chi connectivity index (χ0) is 33.7. The minimum Gasteiger partial charge on any atom is -0.490 e. The molecule has 0 amide bonds. The van der Waals surface area contributed by atoms with Crippen molar-refractivity contribution in [3.05, 3.63) is 60.7 Å². The maximum absolute atomic E-state index is 11.2. The maximum atomic E-state index is 11.2. The Balaban J connectivity index is 1.78. The van der Waals surface area contributed by atoms with Crippen molar-refractivity contribution >= 4 is 28.9 Å². The van der Waals surface area contributed by atoms with Gasteiger partial charge in [0.2, 0.25) is 5.69 Å². The Kier molecular flexibility index (Phi) is 25.8. The predicted molar refractivity (Wildman–Crippen MR) is 210 cm³/mol. The van der Waals surface area contributed by atoms with Crippen LogP contribution in [-0.4, -0.2) is 29.5 Å². The topological polar surface area (TPSA) is 47.9 Å². The van der Waals surface area contributed by atoms with Gasteiger partial charge in [-0.1, -0.05) is 177 Å². The Hall–Kier alpha value is -1.04. The molecule has 0 aromatic heterocycles. The first-order valence-electron chi connectivity index (χ1n) is 19.1. The predicted octanol–water partition coefficient (Wildman–Crippen LogP) is 13.5. The fourth-order valence-corrected chi connectivity index (χ4v) is 9.07. The number of benzene rings is 2. The maximum Gasteiger partial charge on any atom is 0.244 e. The van der Waals surface area contributed by atoms with Gasteiger partial charge in [0, 0.05) is 5.75 Å². The van der Waals surface area contributed by atoms with Crippen molar-refractivity contribution in [2.45, 2.75) is 167 Å². The monoisotopic (exact) mass is 706 g/mol. The first-order valence-corrected chi connectivity index (χ1v) is 23.3. The van der Waals surface area contributed by atoms with Crippen LogP contribution in [0.4, 0.5) is 0 Å². The van der Waals surface area contributed by atoms with Crippen LogP contribution in [0, 0.1) is 0 Å². The Labute approximate surface area is 298 Å². The molecule has 2 aromatic carbocycles. The van der Waals surface area contributed by atoms with Gasteiger partial charge in [-0.05, 0) is 61.8 Å². The molecule has 4 nitrogen and oxygen atoms in total. The van der Waals surface area contributed by atoms with E-state index >= 15 is 0 Å². The number of unbranched alkanes of at least 4 members (excludes halogenated alkanes) is 18. The van der Waals surface area contributed by atoms with Crippen LogP contribution in [0.15, 0.2) is 60.7 Å². The highest BCUT2D eigenvalue weighted by atomic mass is 32.9. The normalized spacial score (nSPS) is 14.0. The van der Waals surface area contributed by atoms with Gasteiger partial charge >= 0.3 is 0 Å². The van der Waals surface area contributed by atoms with Crippen LogP contribution in [0.1, 0.15) is 155 Å². The summed E-state index contributed by atoms with van der Waals surface area (Å²) in [5, 5.41) is 0. The van der Waals surface area contributed by atoms with Crippen LogP contribution in [-0.2, 0) is 16.3 Å². The van der Waals surface area contributed by atoms with E-state index < -0.39 is 5.69 Å². The van der Waals surface area contributed by atoms with E-state index in [0.29, 0.717) is 12.4 Å². The summed E-state index contributed by atoms with van der Waals surface area (Å²) in [6.45, 7) is 4.85. The lowest BCUT2D eigenvalue weighted by Crippen LogP contribution is -2.23. The lowest BCUT2D eigenvalue weighted by Gasteiger charge is -2.24. The minimum atomic E-state index is -3.05. The molecule has 1 N–H and O–H groups in total. The summed E-state index contributed by atoms with van der Waals surface area (Å²) < 4.78 is 18.8. The van der Waals surface area contributed by atoms with Gasteiger partial charge in [0.15, 0.2) is 0 Å². The van der Waals surface area contributed by atoms with Crippen molar-refractivity contribution in [2.75, 3.05) is 12.4 Å². The lowest BCUT2D eigenvalue weighted by atomic mass is 10.0. The molecule has 0 bridgehead atoms. The third kappa shape index (κ3) is 23.9. The van der Waals surface area contributed by atoms with Gasteiger partial charge in [-0.15, -0.1) is 0 Å². The fourth-order valence-electron chi connectivity index (χ4n) is 5.85. The van der Waals surface area contributed by atoms with Gasteiger partial charge < -0.3 is 18.9 Å². The number of hydrogen-bond acceptors (Lipinski definition) is 5. The molecule has 0 heterocycles. The third-order valence-corrected chi connectivity index (χ3v) is 13.0. The highest BCUT2D eigenvalue weighted by Crippen LogP contribution is 2.56. The second kappa shape index (κ2) is 28.8. The Morgan fingerprint density at radius 2 is 0.915 bits per heavy atom. The molecule has 0 aliphatic heterocycles. The summed E-state index contributed by atoms with van der Waals surface area (Å²) in [6, 6.07) is 19.9. The van der Waals surface area contributed by atoms with Crippen molar-refractivity contribution in [1.82, 2.24) is 0 Å². The largest absolute Gasteiger partial charge is 0.490 e. The molecule has 0 saturated heterocycles. The highest BCUT2D eigenvalue weighted by molar-refractivity contribution is 8.67. The summed E-state index contributed by atoms with van der Waals surface area (Å²) >= 11 is 7.01. The molecule has 3 unspecified atom stereocenters. The molecule has 7 heteroatoms. The average Bonchev–Trinajstić information content (AvgIpc) is 3.08. The van der Waals surface area contributed by atoms with Crippen molar-refractivity contribution in [2.24, 2.45) is 0 Å². The number of rotatable bonds is 32. The molecular formula is C40H67O4PS2. The zero-order valence-corrected chi connectivity index (χ0v) is 32.4. The van der Waals surface area contributed by atoms with Gasteiger partial charge in [0.05, 0.1) is 6.61 Å². The van der Waals surface area contributed by atoms with Crippen molar-refractivity contribution in [3.63, 3.8) is 0 Å². The molecule has 2 aromatic rings. The van der Waals surface area contributed by atoms with Crippen molar-refractivity contribution in [1.29, 1.82) is 0 Å². The Bertz CT molecular complexity index is 932. The molecule has 0 radical (unpaired) electrons. The number of ether oxygens (including phenoxy) is 2. The molecule has 0 aliphatic carbocycles. The van der Waals surface area contributed by atoms with Gasteiger partial charge in [-0.2, -0.15) is 0 Å². The average molecular weight is 707 g/mol. The molecule has 0 fully saturated rings. The number of para-hydroxylation sites is 2. The quantitative estimate of drug-likeness (QED) is 0.0604. The molecule has 2 rings (SSSR count). The second-order valence-electron chi connectivity index (χ2n) is 13.1. The van der Waals surface area contributed by atoms with Gasteiger partial charge in [-0.25, -0.2) is 0 Å². The molecule has 268 valence electrons. The second-order valence-corrected chi connectivity index (χ2v) is 19.3. The fraction of sp³-hybridized carbons (Fsp3) is 0.700. The van der Waals surface area contributed by atoms with E-state index in [2.05, 4.69) is 13.8 Å². The summed E-state index contributed by atoms with van der Waals surface area (Å²) in [5.41, 5.74) is -3.05. The van der Waals surface area contributed by atoms with Crippen LogP contribution in [0.25, 0.3) is 0 Å². The van der Waals surface area contributed by atoms with Crippen LogP contribution in [0.2, 0.25) is 0 Å². The van der Waals surface area contributed by atoms with E-state index in [1.54, 1.807) is 0 Å². The SMILES string of the molecule is CCCCCCCCCCCCC(COP(O)(=S)SCC(CCCCCCCCCCCC)Oc1ccccc1)Oc1ccccc1.